The summed E-state index contributed by atoms with van der Waals surface area (Å²) in [5, 5.41) is 4.45. The Bertz CT molecular complexity index is 848. The van der Waals surface area contributed by atoms with Crippen molar-refractivity contribution in [2.45, 2.75) is 37.9 Å². The summed E-state index contributed by atoms with van der Waals surface area (Å²) in [5.41, 5.74) is 2.22. The van der Waals surface area contributed by atoms with Gasteiger partial charge in [-0.1, -0.05) is 0 Å². The van der Waals surface area contributed by atoms with Crippen LogP contribution in [0.4, 0.5) is 13.2 Å². The average Bonchev–Trinajstić information content (AvgIpc) is 3.34. The van der Waals surface area contributed by atoms with Gasteiger partial charge in [0.25, 0.3) is 0 Å². The van der Waals surface area contributed by atoms with Crippen molar-refractivity contribution in [1.82, 2.24) is 24.5 Å². The molecule has 0 amide bonds. The van der Waals surface area contributed by atoms with Gasteiger partial charge < -0.3 is 0 Å². The predicted octanol–water partition coefficient (Wildman–Crippen LogP) is 2.09. The van der Waals surface area contributed by atoms with E-state index in [9.17, 15) is 21.6 Å². The van der Waals surface area contributed by atoms with Crippen LogP contribution in [0.5, 0.6) is 0 Å². The maximum absolute atomic E-state index is 12.2. The van der Waals surface area contributed by atoms with Gasteiger partial charge in [0.15, 0.2) is 0 Å². The van der Waals surface area contributed by atoms with Gasteiger partial charge in [0.2, 0.25) is 10.0 Å². The number of rotatable bonds is 8. The van der Waals surface area contributed by atoms with Crippen LogP contribution in [0.1, 0.15) is 30.9 Å². The molecule has 11 heteroatoms. The lowest BCUT2D eigenvalue weighted by Crippen LogP contribution is -2.31. The van der Waals surface area contributed by atoms with E-state index in [1.54, 1.807) is 23.3 Å². The molecule has 1 N–H and O–H groups in total. The Morgan fingerprint density at radius 1 is 1.23 bits per heavy atom. The van der Waals surface area contributed by atoms with Crippen LogP contribution >= 0.6 is 0 Å². The van der Waals surface area contributed by atoms with Crippen molar-refractivity contribution in [2.75, 3.05) is 12.3 Å². The third kappa shape index (κ3) is 5.24. The van der Waals surface area contributed by atoms with Crippen LogP contribution in [0.2, 0.25) is 0 Å². The molecule has 1 aliphatic carbocycles. The van der Waals surface area contributed by atoms with Crippen LogP contribution < -0.4 is 4.72 Å². The molecule has 3 rings (SSSR count). The van der Waals surface area contributed by atoms with E-state index in [1.807, 2.05) is 6.07 Å². The van der Waals surface area contributed by atoms with Gasteiger partial charge >= 0.3 is 6.18 Å². The Morgan fingerprint density at radius 3 is 2.62 bits per heavy atom. The molecule has 2 aromatic heterocycles. The van der Waals surface area contributed by atoms with E-state index in [0.29, 0.717) is 17.3 Å². The SMILES string of the molecule is O=S(=O)(CCC(F)(F)F)NCCn1nc(-c2cnccn2)cc1C1CC1. The summed E-state index contributed by atoms with van der Waals surface area (Å²) in [6.45, 7) is 0.207. The van der Waals surface area contributed by atoms with Crippen molar-refractivity contribution in [3.05, 3.63) is 30.4 Å². The van der Waals surface area contributed by atoms with Crippen molar-refractivity contribution >= 4 is 10.0 Å². The van der Waals surface area contributed by atoms with Gasteiger partial charge in [0.1, 0.15) is 11.4 Å². The Kier molecular flexibility index (Phi) is 5.28. The fourth-order valence-electron chi connectivity index (χ4n) is 2.50. The summed E-state index contributed by atoms with van der Waals surface area (Å²) in [5.74, 6) is -0.606. The van der Waals surface area contributed by atoms with Gasteiger partial charge in [-0.05, 0) is 18.9 Å². The molecule has 0 bridgehead atoms. The molecule has 0 aliphatic heterocycles. The Balaban J connectivity index is 1.63. The monoisotopic (exact) mass is 389 g/mol. The minimum atomic E-state index is -4.50. The minimum absolute atomic E-state index is 0.0263. The number of nitrogens with one attached hydrogen (secondary N) is 1. The molecular weight excluding hydrogens is 371 g/mol. The fraction of sp³-hybridized carbons (Fsp3) is 0.533. The van der Waals surface area contributed by atoms with Crippen molar-refractivity contribution in [2.24, 2.45) is 0 Å². The Morgan fingerprint density at radius 2 is 2.00 bits per heavy atom. The molecule has 142 valence electrons. The molecule has 0 radical (unpaired) electrons. The number of nitrogens with zero attached hydrogens (tertiary/aromatic N) is 4. The highest BCUT2D eigenvalue weighted by molar-refractivity contribution is 7.89. The second kappa shape index (κ2) is 7.31. The van der Waals surface area contributed by atoms with Crippen LogP contribution in [0.25, 0.3) is 11.4 Å². The lowest BCUT2D eigenvalue weighted by molar-refractivity contribution is -0.129. The molecule has 0 unspecified atom stereocenters. The Labute approximate surface area is 148 Å². The van der Waals surface area contributed by atoms with Crippen molar-refractivity contribution < 1.29 is 21.6 Å². The van der Waals surface area contributed by atoms with Gasteiger partial charge in [-0.15, -0.1) is 0 Å². The van der Waals surface area contributed by atoms with Gasteiger partial charge in [0, 0.05) is 30.6 Å². The molecule has 2 heterocycles. The first-order valence-corrected chi connectivity index (χ1v) is 9.77. The molecular formula is C15H18F3N5O2S. The van der Waals surface area contributed by atoms with E-state index in [2.05, 4.69) is 19.8 Å². The van der Waals surface area contributed by atoms with Crippen LogP contribution in [-0.4, -0.2) is 46.6 Å². The first-order chi connectivity index (χ1) is 12.2. The van der Waals surface area contributed by atoms with E-state index in [-0.39, 0.29) is 13.1 Å². The summed E-state index contributed by atoms with van der Waals surface area (Å²) in [6, 6.07) is 1.90. The highest BCUT2D eigenvalue weighted by atomic mass is 32.2. The van der Waals surface area contributed by atoms with E-state index in [0.717, 1.165) is 18.5 Å². The summed E-state index contributed by atoms with van der Waals surface area (Å²) >= 11 is 0. The molecule has 0 spiro atoms. The number of hydrogen-bond donors (Lipinski definition) is 1. The summed E-state index contributed by atoms with van der Waals surface area (Å²) in [7, 11) is -3.98. The zero-order chi connectivity index (χ0) is 18.8. The van der Waals surface area contributed by atoms with E-state index in [1.165, 1.54) is 0 Å². The normalized spacial score (nSPS) is 15.3. The molecule has 1 fully saturated rings. The summed E-state index contributed by atoms with van der Waals surface area (Å²) in [6.07, 6.45) is 0.892. The summed E-state index contributed by atoms with van der Waals surface area (Å²) in [4.78, 5) is 8.19. The number of alkyl halides is 3. The summed E-state index contributed by atoms with van der Waals surface area (Å²) < 4.78 is 63.7. The zero-order valence-electron chi connectivity index (χ0n) is 13.8. The number of sulfonamides is 1. The highest BCUT2D eigenvalue weighted by Gasteiger charge is 2.30. The van der Waals surface area contributed by atoms with Crippen LogP contribution in [0.3, 0.4) is 0 Å². The quantitative estimate of drug-likeness (QED) is 0.747. The third-order valence-corrected chi connectivity index (χ3v) is 5.32. The molecule has 1 aliphatic rings. The van der Waals surface area contributed by atoms with Crippen molar-refractivity contribution in [3.63, 3.8) is 0 Å². The Hall–Kier alpha value is -2.01. The smallest absolute Gasteiger partial charge is 0.267 e. The van der Waals surface area contributed by atoms with Crippen molar-refractivity contribution in [1.29, 1.82) is 0 Å². The lowest BCUT2D eigenvalue weighted by atomic mass is 10.2. The van der Waals surface area contributed by atoms with Crippen LogP contribution in [0.15, 0.2) is 24.7 Å². The van der Waals surface area contributed by atoms with E-state index >= 15 is 0 Å². The number of halogens is 3. The first kappa shape index (κ1) is 18.8. The third-order valence-electron chi connectivity index (χ3n) is 3.93. The molecule has 0 atom stereocenters. The highest BCUT2D eigenvalue weighted by Crippen LogP contribution is 2.41. The predicted molar refractivity (Wildman–Crippen MR) is 87.7 cm³/mol. The first-order valence-electron chi connectivity index (χ1n) is 8.12. The van der Waals surface area contributed by atoms with Gasteiger partial charge in [-0.3, -0.25) is 14.6 Å². The largest absolute Gasteiger partial charge is 0.390 e. The van der Waals surface area contributed by atoms with Gasteiger partial charge in [-0.2, -0.15) is 18.3 Å². The maximum atomic E-state index is 12.2. The van der Waals surface area contributed by atoms with Crippen molar-refractivity contribution in [3.8, 4) is 11.4 Å². The lowest BCUT2D eigenvalue weighted by Gasteiger charge is -2.10. The molecule has 26 heavy (non-hydrogen) atoms. The maximum Gasteiger partial charge on any atom is 0.390 e. The van der Waals surface area contributed by atoms with E-state index < -0.39 is 28.4 Å². The molecule has 0 aromatic carbocycles. The van der Waals surface area contributed by atoms with Crippen LogP contribution in [0, 0.1) is 0 Å². The second-order valence-corrected chi connectivity index (χ2v) is 8.05. The average molecular weight is 389 g/mol. The molecule has 2 aromatic rings. The molecule has 1 saturated carbocycles. The zero-order valence-corrected chi connectivity index (χ0v) is 14.6. The topological polar surface area (TPSA) is 89.8 Å². The molecule has 0 saturated heterocycles. The van der Waals surface area contributed by atoms with Gasteiger partial charge in [0.05, 0.1) is 24.9 Å². The second-order valence-electron chi connectivity index (χ2n) is 6.12. The number of aromatic nitrogens is 4. The standard InChI is InChI=1S/C15H18F3N5O2S/c16-15(17,18)3-8-26(24,25)21-6-7-23-14(11-1-2-11)9-12(22-23)13-10-19-4-5-20-13/h4-5,9-11,21H,1-3,6-8H2. The fourth-order valence-corrected chi connectivity index (χ4v) is 3.55. The minimum Gasteiger partial charge on any atom is -0.267 e. The van der Waals surface area contributed by atoms with E-state index in [4.69, 9.17) is 0 Å². The number of hydrogen-bond acceptors (Lipinski definition) is 5. The van der Waals surface area contributed by atoms with Crippen LogP contribution in [-0.2, 0) is 16.6 Å². The molecule has 7 nitrogen and oxygen atoms in total. The van der Waals surface area contributed by atoms with Gasteiger partial charge in [-0.25, -0.2) is 13.1 Å².